The number of piperazine rings is 1. The fraction of sp³-hybridized carbons (Fsp3) is 0.583. The molecule has 0 bridgehead atoms. The molecule has 4 rings (SSSR count). The van der Waals surface area contributed by atoms with Crippen LogP contribution in [0.2, 0.25) is 0 Å². The summed E-state index contributed by atoms with van der Waals surface area (Å²) in [5.74, 6) is -0.550. The molecule has 1 unspecified atom stereocenters. The van der Waals surface area contributed by atoms with Gasteiger partial charge in [-0.1, -0.05) is 38.8 Å². The third kappa shape index (κ3) is 4.10. The lowest BCUT2D eigenvalue weighted by molar-refractivity contribution is -0.143. The maximum Gasteiger partial charge on any atom is 0.262 e. The lowest BCUT2D eigenvalue weighted by atomic mass is 10.00. The van der Waals surface area contributed by atoms with Gasteiger partial charge in [0.1, 0.15) is 6.04 Å². The van der Waals surface area contributed by atoms with Crippen molar-refractivity contribution in [2.45, 2.75) is 52.0 Å². The van der Waals surface area contributed by atoms with Crippen molar-refractivity contribution in [3.63, 3.8) is 0 Å². The van der Waals surface area contributed by atoms with Gasteiger partial charge in [-0.25, -0.2) is 0 Å². The number of hydrogen-bond acceptors (Lipinski definition) is 4. The van der Waals surface area contributed by atoms with Crippen LogP contribution in [0.25, 0.3) is 0 Å². The first-order chi connectivity index (χ1) is 14.9. The van der Waals surface area contributed by atoms with Crippen LogP contribution in [-0.4, -0.2) is 70.5 Å². The summed E-state index contributed by atoms with van der Waals surface area (Å²) in [5.41, 5.74) is 0.710. The van der Waals surface area contributed by atoms with Gasteiger partial charge < -0.3 is 9.80 Å². The molecule has 0 N–H and O–H groups in total. The summed E-state index contributed by atoms with van der Waals surface area (Å²) in [5, 5.41) is 0. The zero-order valence-corrected chi connectivity index (χ0v) is 18.4. The quantitative estimate of drug-likeness (QED) is 0.680. The summed E-state index contributed by atoms with van der Waals surface area (Å²) in [6, 6.07) is 5.87. The average molecular weight is 426 g/mol. The maximum absolute atomic E-state index is 13.4. The van der Waals surface area contributed by atoms with Crippen LogP contribution < -0.4 is 0 Å². The van der Waals surface area contributed by atoms with Crippen molar-refractivity contribution in [3.05, 3.63) is 35.4 Å². The molecule has 2 fully saturated rings. The number of imide groups is 1. The molecule has 3 aliphatic rings. The van der Waals surface area contributed by atoms with Gasteiger partial charge in [0.25, 0.3) is 11.8 Å². The van der Waals surface area contributed by atoms with Crippen LogP contribution in [-0.2, 0) is 9.59 Å². The van der Waals surface area contributed by atoms with Crippen LogP contribution in [0.5, 0.6) is 0 Å². The van der Waals surface area contributed by atoms with Crippen LogP contribution >= 0.6 is 0 Å². The number of nitrogens with zero attached hydrogens (tertiary/aromatic N) is 3. The van der Waals surface area contributed by atoms with E-state index in [9.17, 15) is 19.2 Å². The third-order valence-corrected chi connectivity index (χ3v) is 6.87. The van der Waals surface area contributed by atoms with E-state index in [1.54, 1.807) is 29.2 Å². The van der Waals surface area contributed by atoms with Crippen molar-refractivity contribution < 1.29 is 19.2 Å². The molecule has 31 heavy (non-hydrogen) atoms. The molecule has 4 amide bonds. The van der Waals surface area contributed by atoms with Crippen LogP contribution in [0.15, 0.2) is 24.3 Å². The highest BCUT2D eigenvalue weighted by molar-refractivity contribution is 6.22. The monoisotopic (exact) mass is 425 g/mol. The number of carbonyl (C=O) groups is 4. The van der Waals surface area contributed by atoms with E-state index in [0.29, 0.717) is 49.6 Å². The van der Waals surface area contributed by atoms with E-state index in [0.717, 1.165) is 17.7 Å². The zero-order valence-electron chi connectivity index (χ0n) is 18.4. The van der Waals surface area contributed by atoms with Crippen molar-refractivity contribution in [3.8, 4) is 0 Å². The highest BCUT2D eigenvalue weighted by Gasteiger charge is 2.45. The Balaban J connectivity index is 1.41. The van der Waals surface area contributed by atoms with Crippen LogP contribution in [0.4, 0.5) is 0 Å². The van der Waals surface area contributed by atoms with E-state index in [1.807, 2.05) is 18.7 Å². The van der Waals surface area contributed by atoms with Crippen molar-refractivity contribution in [2.75, 3.05) is 26.2 Å². The Labute approximate surface area is 183 Å². The number of fused-ring (bicyclic) bond motifs is 1. The molecule has 1 aliphatic carbocycles. The molecule has 2 heterocycles. The third-order valence-electron chi connectivity index (χ3n) is 6.87. The van der Waals surface area contributed by atoms with Crippen LogP contribution in [0.3, 0.4) is 0 Å². The molecule has 7 heteroatoms. The minimum Gasteiger partial charge on any atom is -0.339 e. The number of benzene rings is 1. The summed E-state index contributed by atoms with van der Waals surface area (Å²) >= 11 is 0. The Morgan fingerprint density at radius 3 is 1.94 bits per heavy atom. The zero-order chi connectivity index (χ0) is 22.1. The van der Waals surface area contributed by atoms with Gasteiger partial charge in [-0.15, -0.1) is 0 Å². The van der Waals surface area contributed by atoms with Gasteiger partial charge in [0.15, 0.2) is 0 Å². The summed E-state index contributed by atoms with van der Waals surface area (Å²) in [4.78, 5) is 56.6. The molecule has 1 saturated heterocycles. The lowest BCUT2D eigenvalue weighted by Gasteiger charge is -2.39. The average Bonchev–Trinajstić information content (AvgIpc) is 3.36. The van der Waals surface area contributed by atoms with Gasteiger partial charge >= 0.3 is 0 Å². The molecule has 7 nitrogen and oxygen atoms in total. The van der Waals surface area contributed by atoms with E-state index in [4.69, 9.17) is 0 Å². The smallest absolute Gasteiger partial charge is 0.262 e. The van der Waals surface area contributed by atoms with E-state index in [2.05, 4.69) is 0 Å². The van der Waals surface area contributed by atoms with Crippen LogP contribution in [0, 0.1) is 11.8 Å². The van der Waals surface area contributed by atoms with Gasteiger partial charge in [-0.3, -0.25) is 24.1 Å². The summed E-state index contributed by atoms with van der Waals surface area (Å²) in [6.45, 7) is 5.58. The molecule has 0 radical (unpaired) electrons. The minimum atomic E-state index is -0.840. The Hall–Kier alpha value is -2.70. The molecular weight excluding hydrogens is 394 g/mol. The van der Waals surface area contributed by atoms with Gasteiger partial charge in [-0.05, 0) is 36.8 Å². The van der Waals surface area contributed by atoms with Gasteiger partial charge in [0.2, 0.25) is 11.8 Å². The molecule has 166 valence electrons. The molecule has 2 aliphatic heterocycles. The van der Waals surface area contributed by atoms with Gasteiger partial charge in [0.05, 0.1) is 11.1 Å². The van der Waals surface area contributed by atoms with Crippen molar-refractivity contribution >= 4 is 23.6 Å². The first kappa shape index (κ1) is 21.5. The first-order valence-electron chi connectivity index (χ1n) is 11.4. The lowest BCUT2D eigenvalue weighted by Crippen LogP contribution is -2.58. The molecular formula is C24H31N3O4. The van der Waals surface area contributed by atoms with Gasteiger partial charge in [0, 0.05) is 32.6 Å². The van der Waals surface area contributed by atoms with E-state index in [1.165, 1.54) is 12.8 Å². The number of amides is 4. The predicted octanol–water partition coefficient (Wildman–Crippen LogP) is 2.56. The second kappa shape index (κ2) is 8.81. The van der Waals surface area contributed by atoms with Gasteiger partial charge in [-0.2, -0.15) is 0 Å². The standard InChI is InChI=1S/C24H31N3O4/c1-16(2)21(27-22(29)18-9-5-6-10-19(18)23(27)30)24(31)26-13-11-25(12-14-26)20(28)15-17-7-3-4-8-17/h5-6,9-10,16-17,21H,3-4,7-8,11-15H2,1-2H3. The fourth-order valence-corrected chi connectivity index (χ4v) is 5.11. The Morgan fingerprint density at radius 1 is 0.903 bits per heavy atom. The molecule has 1 saturated carbocycles. The van der Waals surface area contributed by atoms with E-state index < -0.39 is 17.9 Å². The van der Waals surface area contributed by atoms with E-state index >= 15 is 0 Å². The predicted molar refractivity (Wildman–Crippen MR) is 115 cm³/mol. The van der Waals surface area contributed by atoms with Crippen molar-refractivity contribution in [2.24, 2.45) is 11.8 Å². The van der Waals surface area contributed by atoms with Crippen LogP contribution in [0.1, 0.15) is 66.7 Å². The highest BCUT2D eigenvalue weighted by atomic mass is 16.2. The molecule has 1 aromatic carbocycles. The first-order valence-corrected chi connectivity index (χ1v) is 11.4. The molecule has 1 aromatic rings. The number of carbonyl (C=O) groups excluding carboxylic acids is 4. The summed E-state index contributed by atoms with van der Waals surface area (Å²) in [6.07, 6.45) is 5.32. The Morgan fingerprint density at radius 2 is 1.42 bits per heavy atom. The second-order valence-corrected chi connectivity index (χ2v) is 9.28. The fourth-order valence-electron chi connectivity index (χ4n) is 5.11. The minimum absolute atomic E-state index is 0.180. The molecule has 1 atom stereocenters. The normalized spacial score (nSPS) is 20.5. The molecule has 0 aromatic heterocycles. The summed E-state index contributed by atoms with van der Waals surface area (Å²) < 4.78 is 0. The molecule has 0 spiro atoms. The Bertz CT molecular complexity index is 848. The number of hydrogen-bond donors (Lipinski definition) is 0. The van der Waals surface area contributed by atoms with Crippen molar-refractivity contribution in [1.29, 1.82) is 0 Å². The summed E-state index contributed by atoms with van der Waals surface area (Å²) in [7, 11) is 0. The topological polar surface area (TPSA) is 78.0 Å². The SMILES string of the molecule is CC(C)C(C(=O)N1CCN(C(=O)CC2CCCC2)CC1)N1C(=O)c2ccccc2C1=O. The second-order valence-electron chi connectivity index (χ2n) is 9.28. The largest absolute Gasteiger partial charge is 0.339 e. The highest BCUT2D eigenvalue weighted by Crippen LogP contribution is 2.29. The van der Waals surface area contributed by atoms with Crippen molar-refractivity contribution in [1.82, 2.24) is 14.7 Å². The maximum atomic E-state index is 13.4. The van der Waals surface area contributed by atoms with E-state index in [-0.39, 0.29) is 17.7 Å². The number of rotatable bonds is 5. The Kier molecular flexibility index (Phi) is 6.12.